The fourth-order valence-electron chi connectivity index (χ4n) is 3.33. The van der Waals surface area contributed by atoms with Gasteiger partial charge in [-0.2, -0.15) is 0 Å². The Hall–Kier alpha value is 0.430. The van der Waals surface area contributed by atoms with E-state index in [0.29, 0.717) is 7.92 Å². The van der Waals surface area contributed by atoms with Crippen LogP contribution in [0, 0.1) is 29.6 Å². The molecule has 0 aromatic carbocycles. The summed E-state index contributed by atoms with van der Waals surface area (Å²) in [5.74, 6) is 4.81. The molecule has 15 heavy (non-hydrogen) atoms. The predicted octanol–water partition coefficient (Wildman–Crippen LogP) is 4.68. The van der Waals surface area contributed by atoms with E-state index in [9.17, 15) is 0 Å². The van der Waals surface area contributed by atoms with E-state index in [4.69, 9.17) is 0 Å². The zero-order valence-electron chi connectivity index (χ0n) is 11.5. The van der Waals surface area contributed by atoms with Gasteiger partial charge in [-0.25, -0.2) is 0 Å². The van der Waals surface area contributed by atoms with E-state index in [1.54, 1.807) is 6.16 Å². The van der Waals surface area contributed by atoms with Crippen LogP contribution in [-0.4, -0.2) is 18.5 Å². The minimum atomic E-state index is 0.341. The summed E-state index contributed by atoms with van der Waals surface area (Å²) in [4.78, 5) is 0. The van der Waals surface area contributed by atoms with Crippen molar-refractivity contribution in [2.45, 2.75) is 41.5 Å². The number of hydrogen-bond donors (Lipinski definition) is 0. The molecule has 4 unspecified atom stereocenters. The van der Waals surface area contributed by atoms with Crippen molar-refractivity contribution in [3.05, 3.63) is 0 Å². The Balaban J connectivity index is 2.61. The van der Waals surface area contributed by atoms with E-state index >= 15 is 0 Å². The van der Waals surface area contributed by atoms with E-state index in [1.807, 2.05) is 0 Å². The highest BCUT2D eigenvalue weighted by Gasteiger charge is 2.41. The van der Waals surface area contributed by atoms with Crippen LogP contribution in [0.1, 0.15) is 41.5 Å². The van der Waals surface area contributed by atoms with Crippen LogP contribution in [0.25, 0.3) is 0 Å². The Morgan fingerprint density at radius 3 is 1.47 bits per heavy atom. The second kappa shape index (κ2) is 5.67. The van der Waals surface area contributed by atoms with Gasteiger partial charge in [0.25, 0.3) is 0 Å². The Bertz CT molecular complexity index is 172. The second-order valence-corrected chi connectivity index (χ2v) is 8.56. The lowest BCUT2D eigenvalue weighted by Gasteiger charge is -2.26. The molecule has 0 N–H and O–H groups in total. The molecule has 4 atom stereocenters. The lowest BCUT2D eigenvalue weighted by Crippen LogP contribution is -2.17. The summed E-state index contributed by atoms with van der Waals surface area (Å²) in [6, 6.07) is 0. The quantitative estimate of drug-likeness (QED) is 0.613. The van der Waals surface area contributed by atoms with Crippen molar-refractivity contribution in [1.29, 1.82) is 0 Å². The molecule has 1 rings (SSSR count). The Labute approximate surface area is 98.0 Å². The van der Waals surface area contributed by atoms with Crippen molar-refractivity contribution in [2.75, 3.05) is 18.5 Å². The molecular weight excluding hydrogens is 199 g/mol. The molecule has 1 aliphatic carbocycles. The first-order chi connectivity index (χ1) is 7.02. The van der Waals surface area contributed by atoms with Gasteiger partial charge in [0.1, 0.15) is 0 Å². The van der Waals surface area contributed by atoms with Gasteiger partial charge in [-0.05, 0) is 48.1 Å². The third-order valence-electron chi connectivity index (χ3n) is 5.20. The van der Waals surface area contributed by atoms with Crippen molar-refractivity contribution in [1.82, 2.24) is 0 Å². The van der Waals surface area contributed by atoms with Gasteiger partial charge in [0.15, 0.2) is 0 Å². The van der Waals surface area contributed by atoms with Gasteiger partial charge >= 0.3 is 0 Å². The van der Waals surface area contributed by atoms with Crippen LogP contribution < -0.4 is 0 Å². The monoisotopic (exact) mass is 228 g/mol. The van der Waals surface area contributed by atoms with Crippen LogP contribution in [0.15, 0.2) is 0 Å². The molecule has 0 heterocycles. The van der Waals surface area contributed by atoms with Gasteiger partial charge in [0.2, 0.25) is 0 Å². The Kier molecular flexibility index (Phi) is 5.10. The average Bonchev–Trinajstić information content (AvgIpc) is 2.42. The maximum Gasteiger partial charge on any atom is -0.0292 e. The van der Waals surface area contributed by atoms with Crippen molar-refractivity contribution in [2.24, 2.45) is 29.6 Å². The fourth-order valence-corrected chi connectivity index (χ4v) is 5.55. The second-order valence-electron chi connectivity index (χ2n) is 5.59. The molecule has 0 aromatic rings. The van der Waals surface area contributed by atoms with Gasteiger partial charge < -0.3 is 0 Å². The first-order valence-electron chi connectivity index (χ1n) is 6.75. The van der Waals surface area contributed by atoms with E-state index in [2.05, 4.69) is 41.5 Å². The highest BCUT2D eigenvalue weighted by Crippen LogP contribution is 2.50. The summed E-state index contributed by atoms with van der Waals surface area (Å²) in [6.07, 6.45) is 4.41. The van der Waals surface area contributed by atoms with E-state index in [-0.39, 0.29) is 0 Å². The first kappa shape index (κ1) is 13.5. The highest BCUT2D eigenvalue weighted by molar-refractivity contribution is 7.57. The minimum Gasteiger partial charge on any atom is -0.107 e. The van der Waals surface area contributed by atoms with Crippen molar-refractivity contribution < 1.29 is 0 Å². The van der Waals surface area contributed by atoms with Crippen LogP contribution in [0.4, 0.5) is 0 Å². The summed E-state index contributed by atoms with van der Waals surface area (Å²) >= 11 is 0. The molecule has 0 radical (unpaired) electrons. The van der Waals surface area contributed by atoms with E-state index < -0.39 is 0 Å². The Morgan fingerprint density at radius 1 is 0.733 bits per heavy atom. The molecule has 0 saturated heterocycles. The third-order valence-corrected chi connectivity index (χ3v) is 7.93. The molecule has 0 aromatic heterocycles. The molecule has 1 aliphatic rings. The maximum atomic E-state index is 2.49. The van der Waals surface area contributed by atoms with Crippen LogP contribution in [0.2, 0.25) is 0 Å². The topological polar surface area (TPSA) is 0 Å². The molecule has 90 valence electrons. The predicted molar refractivity (Wildman–Crippen MR) is 73.0 cm³/mol. The normalized spacial score (nSPS) is 41.4. The smallest absolute Gasteiger partial charge is 0.0292 e. The van der Waals surface area contributed by atoms with Gasteiger partial charge in [0.05, 0.1) is 0 Å². The number of rotatable bonds is 4. The van der Waals surface area contributed by atoms with Crippen molar-refractivity contribution in [3.63, 3.8) is 0 Å². The zero-order chi connectivity index (χ0) is 11.6. The van der Waals surface area contributed by atoms with Crippen molar-refractivity contribution >= 4 is 7.92 Å². The molecule has 1 heteroatoms. The summed E-state index contributed by atoms with van der Waals surface area (Å²) < 4.78 is 0. The maximum absolute atomic E-state index is 2.49. The average molecular weight is 228 g/mol. The molecule has 0 spiro atoms. The van der Waals surface area contributed by atoms with Crippen LogP contribution >= 0.6 is 7.92 Å². The lowest BCUT2D eigenvalue weighted by molar-refractivity contribution is 0.352. The SMILES string of the molecule is CCP(CC)CC1C(C)C(C)C(C)C1C. The van der Waals surface area contributed by atoms with Gasteiger partial charge in [-0.1, -0.05) is 41.5 Å². The molecule has 0 nitrogen and oxygen atoms in total. The molecule has 0 amide bonds. The standard InChI is InChI=1S/C14H29P/c1-7-15(8-2)9-14-12(5)10(3)11(4)13(14)6/h10-14H,7-9H2,1-6H3. The van der Waals surface area contributed by atoms with E-state index in [0.717, 1.165) is 29.6 Å². The summed E-state index contributed by atoms with van der Waals surface area (Å²) in [6.45, 7) is 14.7. The fraction of sp³-hybridized carbons (Fsp3) is 1.00. The number of hydrogen-bond acceptors (Lipinski definition) is 0. The highest BCUT2D eigenvalue weighted by atomic mass is 31.1. The lowest BCUT2D eigenvalue weighted by atomic mass is 9.91. The van der Waals surface area contributed by atoms with Gasteiger partial charge in [-0.3, -0.25) is 0 Å². The molecule has 0 bridgehead atoms. The van der Waals surface area contributed by atoms with Crippen molar-refractivity contribution in [3.8, 4) is 0 Å². The van der Waals surface area contributed by atoms with Gasteiger partial charge in [0, 0.05) is 0 Å². The zero-order valence-corrected chi connectivity index (χ0v) is 12.3. The first-order valence-corrected chi connectivity index (χ1v) is 8.64. The summed E-state index contributed by atoms with van der Waals surface area (Å²) in [5.41, 5.74) is 0. The molecule has 0 aliphatic heterocycles. The molecular formula is C14H29P. The molecule has 1 saturated carbocycles. The largest absolute Gasteiger partial charge is 0.107 e. The van der Waals surface area contributed by atoms with Crippen LogP contribution in [0.5, 0.6) is 0 Å². The Morgan fingerprint density at radius 2 is 1.13 bits per heavy atom. The molecule has 1 fully saturated rings. The third kappa shape index (κ3) is 2.76. The summed E-state index contributed by atoms with van der Waals surface area (Å²) in [7, 11) is 0.341. The summed E-state index contributed by atoms with van der Waals surface area (Å²) in [5, 5.41) is 0. The van der Waals surface area contributed by atoms with E-state index in [1.165, 1.54) is 12.3 Å². The minimum absolute atomic E-state index is 0.341. The van der Waals surface area contributed by atoms with Crippen LogP contribution in [0.3, 0.4) is 0 Å². The van der Waals surface area contributed by atoms with Crippen LogP contribution in [-0.2, 0) is 0 Å². The van der Waals surface area contributed by atoms with Gasteiger partial charge in [-0.15, -0.1) is 7.92 Å².